The maximum absolute atomic E-state index is 13.6. The molecule has 0 saturated carbocycles. The molecule has 0 atom stereocenters. The number of methoxy groups -OCH3 is 1. The number of carboxylic acids is 1. The molecule has 0 spiro atoms. The van der Waals surface area contributed by atoms with Gasteiger partial charge in [-0.05, 0) is 22.4 Å². The predicted octanol–water partition coefficient (Wildman–Crippen LogP) is 2.32. The minimum Gasteiger partial charge on any atom is -0.504 e. The van der Waals surface area contributed by atoms with Crippen molar-refractivity contribution in [1.29, 1.82) is 0 Å². The fraction of sp³-hybridized carbons (Fsp3) is 0.300. The van der Waals surface area contributed by atoms with E-state index in [0.29, 0.717) is 0 Å². The van der Waals surface area contributed by atoms with Crippen LogP contribution in [-0.2, 0) is 11.2 Å². The number of carboxylic acid groups (broad SMARTS) is 1. The first-order chi connectivity index (χ1) is 7.47. The summed E-state index contributed by atoms with van der Waals surface area (Å²) in [6.45, 7) is 0. The van der Waals surface area contributed by atoms with Crippen LogP contribution in [0.15, 0.2) is 10.5 Å². The molecule has 0 bridgehead atoms. The third kappa shape index (κ3) is 2.63. The van der Waals surface area contributed by atoms with E-state index in [9.17, 15) is 14.3 Å². The summed E-state index contributed by atoms with van der Waals surface area (Å²) in [7, 11) is 1.28. The van der Waals surface area contributed by atoms with Crippen LogP contribution in [0.1, 0.15) is 12.0 Å². The number of benzene rings is 1. The van der Waals surface area contributed by atoms with E-state index in [1.54, 1.807) is 0 Å². The van der Waals surface area contributed by atoms with Gasteiger partial charge in [0, 0.05) is 18.1 Å². The molecule has 0 heterocycles. The van der Waals surface area contributed by atoms with E-state index in [4.69, 9.17) is 9.84 Å². The van der Waals surface area contributed by atoms with Gasteiger partial charge in [-0.15, -0.1) is 0 Å². The SMILES string of the molecule is COc1c(O)cc(Br)c(F)c1CCC(=O)O. The van der Waals surface area contributed by atoms with Crippen LogP contribution in [0.25, 0.3) is 0 Å². The van der Waals surface area contributed by atoms with E-state index in [1.165, 1.54) is 13.2 Å². The number of phenols is 1. The van der Waals surface area contributed by atoms with Crippen LogP contribution < -0.4 is 4.74 Å². The average Bonchev–Trinajstić information content (AvgIpc) is 2.20. The second-order valence-electron chi connectivity index (χ2n) is 3.10. The van der Waals surface area contributed by atoms with Gasteiger partial charge in [0.2, 0.25) is 0 Å². The quantitative estimate of drug-likeness (QED) is 0.894. The first kappa shape index (κ1) is 12.8. The normalized spacial score (nSPS) is 10.2. The Hall–Kier alpha value is -1.30. The van der Waals surface area contributed by atoms with Crippen molar-refractivity contribution < 1.29 is 24.1 Å². The molecule has 4 nitrogen and oxygen atoms in total. The van der Waals surface area contributed by atoms with E-state index in [0.717, 1.165) is 0 Å². The molecule has 88 valence electrons. The number of hydrogen-bond donors (Lipinski definition) is 2. The lowest BCUT2D eigenvalue weighted by molar-refractivity contribution is -0.136. The fourth-order valence-electron chi connectivity index (χ4n) is 1.33. The zero-order valence-corrected chi connectivity index (χ0v) is 10.0. The largest absolute Gasteiger partial charge is 0.504 e. The summed E-state index contributed by atoms with van der Waals surface area (Å²) < 4.78 is 18.6. The van der Waals surface area contributed by atoms with Crippen LogP contribution in [0.5, 0.6) is 11.5 Å². The highest BCUT2D eigenvalue weighted by Gasteiger charge is 2.18. The average molecular weight is 293 g/mol. The van der Waals surface area contributed by atoms with Crippen molar-refractivity contribution >= 4 is 21.9 Å². The topological polar surface area (TPSA) is 66.8 Å². The summed E-state index contributed by atoms with van der Waals surface area (Å²) in [6.07, 6.45) is -0.277. The Balaban J connectivity index is 3.17. The number of ether oxygens (including phenoxy) is 1. The van der Waals surface area contributed by atoms with E-state index in [-0.39, 0.29) is 34.4 Å². The second kappa shape index (κ2) is 5.16. The Morgan fingerprint density at radius 1 is 1.62 bits per heavy atom. The molecule has 2 N–H and O–H groups in total. The lowest BCUT2D eigenvalue weighted by Gasteiger charge is -2.11. The third-order valence-corrected chi connectivity index (χ3v) is 2.61. The summed E-state index contributed by atoms with van der Waals surface area (Å²) in [4.78, 5) is 10.4. The molecule has 0 amide bonds. The molecule has 0 aliphatic heterocycles. The van der Waals surface area contributed by atoms with Crippen LogP contribution in [0.3, 0.4) is 0 Å². The summed E-state index contributed by atoms with van der Waals surface area (Å²) >= 11 is 2.93. The molecule has 0 unspecified atom stereocenters. The lowest BCUT2D eigenvalue weighted by Crippen LogP contribution is -2.02. The molecule has 1 aromatic carbocycles. The Labute approximate surface area is 99.8 Å². The molecule has 16 heavy (non-hydrogen) atoms. The molecule has 1 rings (SSSR count). The first-order valence-electron chi connectivity index (χ1n) is 4.43. The van der Waals surface area contributed by atoms with Gasteiger partial charge >= 0.3 is 5.97 Å². The highest BCUT2D eigenvalue weighted by molar-refractivity contribution is 9.10. The van der Waals surface area contributed by atoms with Gasteiger partial charge in [-0.25, -0.2) is 4.39 Å². The number of phenolic OH excluding ortho intramolecular Hbond substituents is 1. The first-order valence-corrected chi connectivity index (χ1v) is 5.22. The summed E-state index contributed by atoms with van der Waals surface area (Å²) in [5.41, 5.74) is 0.0526. The van der Waals surface area contributed by atoms with Crippen LogP contribution in [0.2, 0.25) is 0 Å². The van der Waals surface area contributed by atoms with Crippen LogP contribution in [-0.4, -0.2) is 23.3 Å². The summed E-state index contributed by atoms with van der Waals surface area (Å²) in [5, 5.41) is 18.0. The van der Waals surface area contributed by atoms with Gasteiger partial charge in [0.15, 0.2) is 11.5 Å². The minimum atomic E-state index is -1.04. The summed E-state index contributed by atoms with van der Waals surface area (Å²) in [6, 6.07) is 1.17. The number of aromatic hydroxyl groups is 1. The molecule has 1 aromatic rings. The van der Waals surface area contributed by atoms with Crippen LogP contribution in [0.4, 0.5) is 4.39 Å². The molecule has 0 aliphatic rings. The maximum Gasteiger partial charge on any atom is 0.303 e. The minimum absolute atomic E-state index is 0.0260. The van der Waals surface area contributed by atoms with Crippen molar-refractivity contribution in [1.82, 2.24) is 0 Å². The van der Waals surface area contributed by atoms with E-state index in [2.05, 4.69) is 15.9 Å². The van der Waals surface area contributed by atoms with Gasteiger partial charge in [0.05, 0.1) is 11.6 Å². The molecular weight excluding hydrogens is 283 g/mol. The van der Waals surface area contributed by atoms with Gasteiger partial charge < -0.3 is 14.9 Å². The highest BCUT2D eigenvalue weighted by Crippen LogP contribution is 2.37. The Morgan fingerprint density at radius 3 is 2.75 bits per heavy atom. The van der Waals surface area contributed by atoms with E-state index >= 15 is 0 Å². The molecule has 0 saturated heterocycles. The molecule has 6 heteroatoms. The van der Waals surface area contributed by atoms with Crippen molar-refractivity contribution in [3.05, 3.63) is 21.9 Å². The fourth-order valence-corrected chi connectivity index (χ4v) is 1.79. The number of carbonyl (C=O) groups is 1. The Bertz CT molecular complexity index is 420. The van der Waals surface area contributed by atoms with E-state index < -0.39 is 11.8 Å². The van der Waals surface area contributed by atoms with Crippen LogP contribution >= 0.6 is 15.9 Å². The van der Waals surface area contributed by atoms with Crippen molar-refractivity contribution in [2.75, 3.05) is 7.11 Å². The van der Waals surface area contributed by atoms with E-state index in [1.807, 2.05) is 0 Å². The Morgan fingerprint density at radius 2 is 2.25 bits per heavy atom. The predicted molar refractivity (Wildman–Crippen MR) is 58.3 cm³/mol. The standard InChI is InChI=1S/C10H10BrFO4/c1-16-10-5(2-3-8(14)15)9(12)6(11)4-7(10)13/h4,13H,2-3H2,1H3,(H,14,15). The second-order valence-corrected chi connectivity index (χ2v) is 3.95. The maximum atomic E-state index is 13.6. The van der Waals surface area contributed by atoms with Gasteiger partial charge in [-0.2, -0.15) is 0 Å². The monoisotopic (exact) mass is 292 g/mol. The van der Waals surface area contributed by atoms with Crippen molar-refractivity contribution in [2.45, 2.75) is 12.8 Å². The molecule has 0 radical (unpaired) electrons. The van der Waals surface area contributed by atoms with Gasteiger partial charge in [0.1, 0.15) is 5.82 Å². The van der Waals surface area contributed by atoms with Crippen molar-refractivity contribution in [3.8, 4) is 11.5 Å². The number of rotatable bonds is 4. The summed E-state index contributed by atoms with van der Waals surface area (Å²) in [5.74, 6) is -1.91. The van der Waals surface area contributed by atoms with Crippen LogP contribution in [0, 0.1) is 5.82 Å². The van der Waals surface area contributed by atoms with Crippen molar-refractivity contribution in [2.24, 2.45) is 0 Å². The Kier molecular flexibility index (Phi) is 4.12. The number of hydrogen-bond acceptors (Lipinski definition) is 3. The smallest absolute Gasteiger partial charge is 0.303 e. The molecule has 0 aliphatic carbocycles. The lowest BCUT2D eigenvalue weighted by atomic mass is 10.1. The number of halogens is 2. The van der Waals surface area contributed by atoms with Crippen molar-refractivity contribution in [3.63, 3.8) is 0 Å². The van der Waals surface area contributed by atoms with Gasteiger partial charge in [0.25, 0.3) is 0 Å². The number of aliphatic carboxylic acids is 1. The zero-order chi connectivity index (χ0) is 12.3. The molecule has 0 fully saturated rings. The van der Waals surface area contributed by atoms with Gasteiger partial charge in [-0.3, -0.25) is 4.79 Å². The van der Waals surface area contributed by atoms with Gasteiger partial charge in [-0.1, -0.05) is 0 Å². The molecular formula is C10H10BrFO4. The third-order valence-electron chi connectivity index (χ3n) is 2.04. The molecule has 0 aromatic heterocycles. The zero-order valence-electron chi connectivity index (χ0n) is 8.46. The highest BCUT2D eigenvalue weighted by atomic mass is 79.9.